The van der Waals surface area contributed by atoms with Crippen molar-refractivity contribution < 1.29 is 4.42 Å². The number of nitrogens with one attached hydrogen (secondary N) is 1. The molecule has 0 fully saturated rings. The van der Waals surface area contributed by atoms with E-state index in [1.165, 1.54) is 5.56 Å². The van der Waals surface area contributed by atoms with Crippen LogP contribution in [0.2, 0.25) is 5.02 Å². The Morgan fingerprint density at radius 2 is 2.17 bits per heavy atom. The molecule has 0 saturated carbocycles. The van der Waals surface area contributed by atoms with Crippen molar-refractivity contribution in [3.8, 4) is 0 Å². The molecule has 0 bridgehead atoms. The van der Waals surface area contributed by atoms with E-state index in [-0.39, 0.29) is 0 Å². The molecular weight excluding hydrogens is 314 g/mol. The van der Waals surface area contributed by atoms with Crippen LogP contribution in [0.4, 0.5) is 0 Å². The number of fused-ring (bicyclic) bond motifs is 1. The van der Waals surface area contributed by atoms with Crippen LogP contribution in [0, 0.1) is 5.92 Å². The van der Waals surface area contributed by atoms with Gasteiger partial charge in [0.25, 0.3) is 0 Å². The van der Waals surface area contributed by atoms with Crippen LogP contribution in [-0.4, -0.2) is 13.1 Å². The van der Waals surface area contributed by atoms with Gasteiger partial charge in [0.2, 0.25) is 0 Å². The second-order valence-electron chi connectivity index (χ2n) is 4.84. The third kappa shape index (κ3) is 3.08. The Hall–Kier alpha value is -0.510. The fraction of sp³-hybridized carbons (Fsp3) is 0.429. The number of halogens is 2. The van der Waals surface area contributed by atoms with Crippen LogP contribution in [0.25, 0.3) is 11.0 Å². The zero-order chi connectivity index (χ0) is 13.1. The highest BCUT2D eigenvalue weighted by Crippen LogP contribution is 2.34. The largest absolute Gasteiger partial charge is 0.462 e. The SMILES string of the molecule is CC(C)CNCCc1coc2c(Cl)ccc(Br)c12. The number of benzene rings is 1. The Morgan fingerprint density at radius 1 is 1.39 bits per heavy atom. The van der Waals surface area contributed by atoms with Gasteiger partial charge in [-0.15, -0.1) is 0 Å². The van der Waals surface area contributed by atoms with Crippen LogP contribution >= 0.6 is 27.5 Å². The zero-order valence-electron chi connectivity index (χ0n) is 10.6. The summed E-state index contributed by atoms with van der Waals surface area (Å²) in [5, 5.41) is 5.19. The van der Waals surface area contributed by atoms with E-state index in [4.69, 9.17) is 16.0 Å². The van der Waals surface area contributed by atoms with Crippen LogP contribution in [0.15, 0.2) is 27.3 Å². The molecule has 0 aliphatic heterocycles. The molecule has 0 amide bonds. The molecular formula is C14H17BrClNO. The van der Waals surface area contributed by atoms with E-state index in [9.17, 15) is 0 Å². The quantitative estimate of drug-likeness (QED) is 0.808. The van der Waals surface area contributed by atoms with Gasteiger partial charge in [0, 0.05) is 15.4 Å². The first-order valence-electron chi connectivity index (χ1n) is 6.14. The molecule has 2 aromatic rings. The summed E-state index contributed by atoms with van der Waals surface area (Å²) in [5.74, 6) is 0.673. The Morgan fingerprint density at radius 3 is 2.89 bits per heavy atom. The molecule has 0 radical (unpaired) electrons. The Labute approximate surface area is 121 Å². The third-order valence-corrected chi connectivity index (χ3v) is 3.78. The Balaban J connectivity index is 2.12. The second kappa shape index (κ2) is 6.09. The standard InChI is InChI=1S/C14H17BrClNO/c1-9(2)7-17-6-5-10-8-18-14-12(16)4-3-11(15)13(10)14/h3-4,8-9,17H,5-7H2,1-2H3. The van der Waals surface area contributed by atoms with Crippen molar-refractivity contribution in [1.82, 2.24) is 5.32 Å². The molecule has 98 valence electrons. The van der Waals surface area contributed by atoms with E-state index in [1.54, 1.807) is 6.26 Å². The smallest absolute Gasteiger partial charge is 0.153 e. The van der Waals surface area contributed by atoms with Gasteiger partial charge >= 0.3 is 0 Å². The van der Waals surface area contributed by atoms with E-state index in [0.29, 0.717) is 10.9 Å². The van der Waals surface area contributed by atoms with Gasteiger partial charge in [-0.1, -0.05) is 41.4 Å². The molecule has 0 aliphatic rings. The van der Waals surface area contributed by atoms with Gasteiger partial charge < -0.3 is 9.73 Å². The number of hydrogen-bond acceptors (Lipinski definition) is 2. The summed E-state index contributed by atoms with van der Waals surface area (Å²) in [5.41, 5.74) is 1.96. The highest BCUT2D eigenvalue weighted by molar-refractivity contribution is 9.10. The maximum absolute atomic E-state index is 6.12. The van der Waals surface area contributed by atoms with Crippen molar-refractivity contribution in [3.63, 3.8) is 0 Å². The molecule has 0 aliphatic carbocycles. The fourth-order valence-electron chi connectivity index (χ4n) is 1.93. The molecule has 0 atom stereocenters. The van der Waals surface area contributed by atoms with Crippen molar-refractivity contribution in [3.05, 3.63) is 33.5 Å². The van der Waals surface area contributed by atoms with Crippen molar-refractivity contribution in [2.75, 3.05) is 13.1 Å². The molecule has 0 unspecified atom stereocenters. The highest BCUT2D eigenvalue weighted by atomic mass is 79.9. The van der Waals surface area contributed by atoms with Crippen LogP contribution in [0.5, 0.6) is 0 Å². The minimum atomic E-state index is 0.662. The minimum Gasteiger partial charge on any atom is -0.462 e. The van der Waals surface area contributed by atoms with Gasteiger partial charge in [-0.2, -0.15) is 0 Å². The predicted molar refractivity (Wildman–Crippen MR) is 80.3 cm³/mol. The first kappa shape index (κ1) is 13.9. The summed E-state index contributed by atoms with van der Waals surface area (Å²) in [6.45, 7) is 6.40. The normalized spacial score (nSPS) is 11.6. The minimum absolute atomic E-state index is 0.662. The molecule has 2 nitrogen and oxygen atoms in total. The van der Waals surface area contributed by atoms with Gasteiger partial charge in [-0.25, -0.2) is 0 Å². The number of hydrogen-bond donors (Lipinski definition) is 1. The van der Waals surface area contributed by atoms with E-state index in [1.807, 2.05) is 12.1 Å². The molecule has 2 rings (SSSR count). The van der Waals surface area contributed by atoms with E-state index in [0.717, 1.165) is 35.0 Å². The van der Waals surface area contributed by atoms with Crippen LogP contribution in [0.1, 0.15) is 19.4 Å². The summed E-state index contributed by atoms with van der Waals surface area (Å²) in [4.78, 5) is 0. The molecule has 4 heteroatoms. The maximum atomic E-state index is 6.12. The zero-order valence-corrected chi connectivity index (χ0v) is 12.9. The summed E-state index contributed by atoms with van der Waals surface area (Å²) in [6, 6.07) is 3.81. The van der Waals surface area contributed by atoms with Gasteiger partial charge in [0.1, 0.15) is 0 Å². The molecule has 1 aromatic heterocycles. The van der Waals surface area contributed by atoms with Crippen LogP contribution in [0.3, 0.4) is 0 Å². The lowest BCUT2D eigenvalue weighted by atomic mass is 10.1. The number of furan rings is 1. The van der Waals surface area contributed by atoms with Crippen molar-refractivity contribution in [2.24, 2.45) is 5.92 Å². The molecule has 18 heavy (non-hydrogen) atoms. The molecule has 1 N–H and O–H groups in total. The first-order valence-corrected chi connectivity index (χ1v) is 7.31. The summed E-state index contributed by atoms with van der Waals surface area (Å²) < 4.78 is 6.59. The molecule has 0 spiro atoms. The second-order valence-corrected chi connectivity index (χ2v) is 6.10. The maximum Gasteiger partial charge on any atom is 0.153 e. The predicted octanol–water partition coefficient (Wildman–Crippen LogP) is 4.64. The van der Waals surface area contributed by atoms with Gasteiger partial charge in [0.15, 0.2) is 5.58 Å². The van der Waals surface area contributed by atoms with Crippen LogP contribution < -0.4 is 5.32 Å². The summed E-state index contributed by atoms with van der Waals surface area (Å²) in [6.07, 6.45) is 2.75. The lowest BCUT2D eigenvalue weighted by Crippen LogP contribution is -2.22. The van der Waals surface area contributed by atoms with E-state index >= 15 is 0 Å². The number of rotatable bonds is 5. The average Bonchev–Trinajstić information content (AvgIpc) is 2.74. The lowest BCUT2D eigenvalue weighted by molar-refractivity contribution is 0.552. The van der Waals surface area contributed by atoms with Crippen molar-refractivity contribution >= 4 is 38.5 Å². The highest BCUT2D eigenvalue weighted by Gasteiger charge is 2.12. The van der Waals surface area contributed by atoms with Gasteiger partial charge in [-0.05, 0) is 37.6 Å². The lowest BCUT2D eigenvalue weighted by Gasteiger charge is -2.06. The van der Waals surface area contributed by atoms with Crippen molar-refractivity contribution in [2.45, 2.75) is 20.3 Å². The third-order valence-electron chi connectivity index (χ3n) is 2.82. The van der Waals surface area contributed by atoms with E-state index in [2.05, 4.69) is 35.1 Å². The van der Waals surface area contributed by atoms with Crippen LogP contribution in [-0.2, 0) is 6.42 Å². The Bertz CT molecular complexity index is 536. The van der Waals surface area contributed by atoms with E-state index < -0.39 is 0 Å². The average molecular weight is 331 g/mol. The molecule has 1 heterocycles. The Kier molecular flexibility index (Phi) is 4.71. The summed E-state index contributed by atoms with van der Waals surface area (Å²) in [7, 11) is 0. The first-order chi connectivity index (χ1) is 8.59. The molecule has 1 aromatic carbocycles. The van der Waals surface area contributed by atoms with Crippen molar-refractivity contribution in [1.29, 1.82) is 0 Å². The summed E-state index contributed by atoms with van der Waals surface area (Å²) >= 11 is 9.67. The topological polar surface area (TPSA) is 25.2 Å². The monoisotopic (exact) mass is 329 g/mol. The fourth-order valence-corrected chi connectivity index (χ4v) is 2.70. The van der Waals surface area contributed by atoms with Gasteiger partial charge in [0.05, 0.1) is 11.3 Å². The van der Waals surface area contributed by atoms with Gasteiger partial charge in [-0.3, -0.25) is 0 Å². The molecule has 0 saturated heterocycles.